The third-order valence-corrected chi connectivity index (χ3v) is 5.04. The first-order chi connectivity index (χ1) is 10.5. The van der Waals surface area contributed by atoms with Gasteiger partial charge in [-0.05, 0) is 23.1 Å². The van der Waals surface area contributed by atoms with Gasteiger partial charge in [-0.1, -0.05) is 34.1 Å². The molecular formula is C15H10BrNO4S. The summed E-state index contributed by atoms with van der Waals surface area (Å²) in [5.74, 6) is -2.04. The fourth-order valence-electron chi connectivity index (χ4n) is 2.31. The van der Waals surface area contributed by atoms with Crippen molar-refractivity contribution in [3.05, 3.63) is 61.7 Å². The van der Waals surface area contributed by atoms with Gasteiger partial charge in [0, 0.05) is 4.47 Å². The Balaban J connectivity index is 2.28. The Hall–Kier alpha value is -2.12. The maximum absolute atomic E-state index is 12.4. The van der Waals surface area contributed by atoms with Crippen molar-refractivity contribution < 1.29 is 15.0 Å². The molecule has 22 heavy (non-hydrogen) atoms. The highest BCUT2D eigenvalue weighted by atomic mass is 79.9. The molecule has 0 aliphatic carbocycles. The van der Waals surface area contributed by atoms with Crippen LogP contribution in [0.1, 0.15) is 15.9 Å². The fourth-order valence-corrected chi connectivity index (χ4v) is 3.65. The monoisotopic (exact) mass is 379 g/mol. The Morgan fingerprint density at radius 1 is 1.27 bits per heavy atom. The maximum atomic E-state index is 12.4. The van der Waals surface area contributed by atoms with Gasteiger partial charge in [-0.2, -0.15) is 0 Å². The highest BCUT2D eigenvalue weighted by molar-refractivity contribution is 9.10. The van der Waals surface area contributed by atoms with Crippen molar-refractivity contribution in [2.45, 2.75) is 6.54 Å². The lowest BCUT2D eigenvalue weighted by atomic mass is 10.2. The SMILES string of the molecule is O=C(O)c1c(O)c(=O)n(Cc2ccccc2Br)c2ccsc12. The van der Waals surface area contributed by atoms with Gasteiger partial charge in [-0.15, -0.1) is 11.3 Å². The Bertz CT molecular complexity index is 944. The summed E-state index contributed by atoms with van der Waals surface area (Å²) in [6.45, 7) is 0.237. The Kier molecular flexibility index (Phi) is 3.76. The van der Waals surface area contributed by atoms with Crippen LogP contribution in [0.4, 0.5) is 0 Å². The molecule has 0 saturated heterocycles. The predicted octanol–water partition coefficient (Wildman–Crippen LogP) is 3.28. The van der Waals surface area contributed by atoms with Gasteiger partial charge >= 0.3 is 5.97 Å². The summed E-state index contributed by atoms with van der Waals surface area (Å²) >= 11 is 4.60. The van der Waals surface area contributed by atoms with Crippen LogP contribution < -0.4 is 5.56 Å². The van der Waals surface area contributed by atoms with Gasteiger partial charge in [0.05, 0.1) is 16.8 Å². The number of carboxylic acid groups (broad SMARTS) is 1. The lowest BCUT2D eigenvalue weighted by Crippen LogP contribution is -2.23. The summed E-state index contributed by atoms with van der Waals surface area (Å²) in [5, 5.41) is 20.9. The molecule has 2 N–H and O–H groups in total. The molecule has 0 atom stereocenters. The summed E-state index contributed by atoms with van der Waals surface area (Å²) in [6, 6.07) is 9.11. The number of aromatic hydroxyl groups is 1. The Morgan fingerprint density at radius 2 is 2.00 bits per heavy atom. The number of fused-ring (bicyclic) bond motifs is 1. The number of nitrogens with zero attached hydrogens (tertiary/aromatic N) is 1. The Labute approximate surface area is 137 Å². The summed E-state index contributed by atoms with van der Waals surface area (Å²) in [4.78, 5) is 23.7. The molecule has 0 aliphatic heterocycles. The number of pyridine rings is 1. The molecule has 0 saturated carbocycles. The van der Waals surface area contributed by atoms with E-state index in [9.17, 15) is 19.8 Å². The number of benzene rings is 1. The lowest BCUT2D eigenvalue weighted by molar-refractivity contribution is 0.0695. The van der Waals surface area contributed by atoms with Crippen molar-refractivity contribution >= 4 is 43.5 Å². The van der Waals surface area contributed by atoms with Crippen molar-refractivity contribution in [2.24, 2.45) is 0 Å². The van der Waals surface area contributed by atoms with Crippen molar-refractivity contribution in [3.8, 4) is 5.75 Å². The molecule has 7 heteroatoms. The van der Waals surface area contributed by atoms with E-state index in [1.54, 1.807) is 11.4 Å². The number of carboxylic acids is 1. The highest BCUT2D eigenvalue weighted by Gasteiger charge is 2.22. The van der Waals surface area contributed by atoms with E-state index < -0.39 is 17.3 Å². The molecule has 2 heterocycles. The first kappa shape index (κ1) is 14.8. The van der Waals surface area contributed by atoms with Crippen LogP contribution in [0.2, 0.25) is 0 Å². The van der Waals surface area contributed by atoms with Gasteiger partial charge in [0.1, 0.15) is 5.56 Å². The summed E-state index contributed by atoms with van der Waals surface area (Å²) < 4.78 is 2.61. The second-order valence-corrected chi connectivity index (χ2v) is 6.42. The zero-order chi connectivity index (χ0) is 15.9. The summed E-state index contributed by atoms with van der Waals surface area (Å²) in [5.41, 5.74) is 0.318. The van der Waals surface area contributed by atoms with Gasteiger partial charge in [-0.25, -0.2) is 4.79 Å². The third-order valence-electron chi connectivity index (χ3n) is 3.35. The van der Waals surface area contributed by atoms with Crippen molar-refractivity contribution in [1.82, 2.24) is 4.57 Å². The molecule has 0 bridgehead atoms. The van der Waals surface area contributed by atoms with Crippen LogP contribution in [-0.4, -0.2) is 20.7 Å². The Morgan fingerprint density at radius 3 is 2.68 bits per heavy atom. The molecule has 1 aromatic carbocycles. The largest absolute Gasteiger partial charge is 0.502 e. The number of aromatic nitrogens is 1. The highest BCUT2D eigenvalue weighted by Crippen LogP contribution is 2.29. The van der Waals surface area contributed by atoms with E-state index in [1.807, 2.05) is 24.3 Å². The zero-order valence-electron chi connectivity index (χ0n) is 11.1. The number of aromatic carboxylic acids is 1. The number of hydrogen-bond acceptors (Lipinski definition) is 4. The van der Waals surface area contributed by atoms with Crippen LogP contribution in [0.5, 0.6) is 5.75 Å². The smallest absolute Gasteiger partial charge is 0.341 e. The van der Waals surface area contributed by atoms with E-state index in [4.69, 9.17) is 0 Å². The van der Waals surface area contributed by atoms with Gasteiger partial charge in [0.2, 0.25) is 0 Å². The van der Waals surface area contributed by atoms with Crippen LogP contribution in [0.3, 0.4) is 0 Å². The molecule has 3 aromatic rings. The molecule has 112 valence electrons. The molecule has 0 radical (unpaired) electrons. The van der Waals surface area contributed by atoms with Gasteiger partial charge in [-0.3, -0.25) is 9.36 Å². The normalized spacial score (nSPS) is 11.0. The molecule has 0 spiro atoms. The average Bonchev–Trinajstić information content (AvgIpc) is 2.94. The van der Waals surface area contributed by atoms with E-state index in [0.29, 0.717) is 10.2 Å². The third kappa shape index (κ3) is 2.32. The van der Waals surface area contributed by atoms with Crippen LogP contribution in [0.25, 0.3) is 10.2 Å². The van der Waals surface area contributed by atoms with Crippen LogP contribution >= 0.6 is 27.3 Å². The summed E-state index contributed by atoms with van der Waals surface area (Å²) in [7, 11) is 0. The number of rotatable bonds is 3. The van der Waals surface area contributed by atoms with E-state index in [-0.39, 0.29) is 12.1 Å². The minimum atomic E-state index is -1.31. The quantitative estimate of drug-likeness (QED) is 0.731. The second kappa shape index (κ2) is 5.58. The molecule has 5 nitrogen and oxygen atoms in total. The summed E-state index contributed by atoms with van der Waals surface area (Å²) in [6.07, 6.45) is 0. The first-order valence-corrected chi connectivity index (χ1v) is 7.97. The number of carbonyl (C=O) groups is 1. The topological polar surface area (TPSA) is 79.5 Å². The molecule has 2 aromatic heterocycles. The molecule has 0 fully saturated rings. The zero-order valence-corrected chi connectivity index (χ0v) is 13.5. The van der Waals surface area contributed by atoms with Crippen molar-refractivity contribution in [2.75, 3.05) is 0 Å². The second-order valence-electron chi connectivity index (χ2n) is 4.65. The number of hydrogen-bond donors (Lipinski definition) is 2. The molecule has 0 aliphatic rings. The van der Waals surface area contributed by atoms with E-state index >= 15 is 0 Å². The lowest BCUT2D eigenvalue weighted by Gasteiger charge is -2.12. The maximum Gasteiger partial charge on any atom is 0.341 e. The predicted molar refractivity (Wildman–Crippen MR) is 88.0 cm³/mol. The minimum absolute atomic E-state index is 0.237. The fraction of sp³-hybridized carbons (Fsp3) is 0.0667. The van der Waals surface area contributed by atoms with E-state index in [2.05, 4.69) is 15.9 Å². The van der Waals surface area contributed by atoms with Crippen molar-refractivity contribution in [1.29, 1.82) is 0 Å². The van der Waals surface area contributed by atoms with E-state index in [0.717, 1.165) is 10.0 Å². The number of halogens is 1. The number of thiophene rings is 1. The molecular weight excluding hydrogens is 370 g/mol. The molecule has 0 unspecified atom stereocenters. The standard InChI is InChI=1S/C15H10BrNO4S/c16-9-4-2-1-3-8(9)7-17-10-5-6-22-13(10)11(15(20)21)12(18)14(17)19/h1-6,18H,7H2,(H,20,21). The van der Waals surface area contributed by atoms with Gasteiger partial charge in [0.15, 0.2) is 5.75 Å². The van der Waals surface area contributed by atoms with Gasteiger partial charge < -0.3 is 10.2 Å². The molecule has 0 amide bonds. The minimum Gasteiger partial charge on any atom is -0.502 e. The van der Waals surface area contributed by atoms with Crippen LogP contribution in [-0.2, 0) is 6.54 Å². The molecule has 3 rings (SSSR count). The van der Waals surface area contributed by atoms with Crippen molar-refractivity contribution in [3.63, 3.8) is 0 Å². The van der Waals surface area contributed by atoms with Gasteiger partial charge in [0.25, 0.3) is 5.56 Å². The average molecular weight is 380 g/mol. The first-order valence-electron chi connectivity index (χ1n) is 6.30. The van der Waals surface area contributed by atoms with Crippen LogP contribution in [0, 0.1) is 0 Å². The van der Waals surface area contributed by atoms with E-state index in [1.165, 1.54) is 15.9 Å². The van der Waals surface area contributed by atoms with Crippen LogP contribution in [0.15, 0.2) is 45.0 Å².